The minimum atomic E-state index is 0.663. The van der Waals surface area contributed by atoms with E-state index in [1.165, 1.54) is 11.1 Å². The maximum atomic E-state index is 2.28. The van der Waals surface area contributed by atoms with E-state index in [1.54, 1.807) is 0 Å². The number of rotatable bonds is 3. The Morgan fingerprint density at radius 3 is 2.00 bits per heavy atom. The summed E-state index contributed by atoms with van der Waals surface area (Å²) in [6.45, 7) is 7.78. The largest absolute Gasteiger partial charge is 0.323 e. The van der Waals surface area contributed by atoms with Gasteiger partial charge < -0.3 is 4.48 Å². The van der Waals surface area contributed by atoms with Crippen LogP contribution in [-0.2, 0) is 6.54 Å². The second kappa shape index (κ2) is 4.14. The van der Waals surface area contributed by atoms with Crippen molar-refractivity contribution in [2.24, 2.45) is 0 Å². The molecule has 0 amide bonds. The van der Waals surface area contributed by atoms with Crippen LogP contribution in [0.3, 0.4) is 0 Å². The highest BCUT2D eigenvalue weighted by Crippen LogP contribution is 2.13. The Bertz CT molecular complexity index is 283. The van der Waals surface area contributed by atoms with Gasteiger partial charge in [-0.15, -0.1) is 0 Å². The SMILES string of the molecule is Cc1ccc(C[N+](C)(C)C(C)C)cc1. The molecule has 78 valence electrons. The molecular weight excluding hydrogens is 170 g/mol. The number of hydrogen-bond donors (Lipinski definition) is 0. The van der Waals surface area contributed by atoms with Gasteiger partial charge in [-0.3, -0.25) is 0 Å². The molecule has 0 aliphatic heterocycles. The molecule has 0 heterocycles. The van der Waals surface area contributed by atoms with E-state index < -0.39 is 0 Å². The van der Waals surface area contributed by atoms with Gasteiger partial charge in [0.1, 0.15) is 6.54 Å². The van der Waals surface area contributed by atoms with Crippen molar-refractivity contribution in [2.75, 3.05) is 14.1 Å². The van der Waals surface area contributed by atoms with Crippen LogP contribution in [0.2, 0.25) is 0 Å². The van der Waals surface area contributed by atoms with E-state index in [2.05, 4.69) is 59.1 Å². The monoisotopic (exact) mass is 192 g/mol. The van der Waals surface area contributed by atoms with Crippen LogP contribution in [0.5, 0.6) is 0 Å². The van der Waals surface area contributed by atoms with Gasteiger partial charge in [0.2, 0.25) is 0 Å². The van der Waals surface area contributed by atoms with Crippen molar-refractivity contribution in [3.8, 4) is 0 Å². The van der Waals surface area contributed by atoms with E-state index in [-0.39, 0.29) is 0 Å². The molecule has 0 saturated heterocycles. The first-order valence-corrected chi connectivity index (χ1v) is 5.30. The molecule has 0 aliphatic carbocycles. The van der Waals surface area contributed by atoms with Crippen LogP contribution in [0.25, 0.3) is 0 Å². The van der Waals surface area contributed by atoms with Crippen molar-refractivity contribution in [3.63, 3.8) is 0 Å². The summed E-state index contributed by atoms with van der Waals surface area (Å²) in [4.78, 5) is 0. The van der Waals surface area contributed by atoms with Crippen molar-refractivity contribution in [2.45, 2.75) is 33.4 Å². The fraction of sp³-hybridized carbons (Fsp3) is 0.538. The Hall–Kier alpha value is -0.820. The van der Waals surface area contributed by atoms with E-state index >= 15 is 0 Å². The van der Waals surface area contributed by atoms with Crippen molar-refractivity contribution in [3.05, 3.63) is 35.4 Å². The molecule has 1 aromatic rings. The smallest absolute Gasteiger partial charge is 0.104 e. The summed E-state index contributed by atoms with van der Waals surface area (Å²) < 4.78 is 1.04. The summed E-state index contributed by atoms with van der Waals surface area (Å²) in [6.07, 6.45) is 0. The van der Waals surface area contributed by atoms with Gasteiger partial charge in [0.25, 0.3) is 0 Å². The maximum Gasteiger partial charge on any atom is 0.104 e. The zero-order valence-electron chi connectivity index (χ0n) is 10.0. The Labute approximate surface area is 88.0 Å². The lowest BCUT2D eigenvalue weighted by atomic mass is 10.1. The number of quaternary nitrogens is 1. The van der Waals surface area contributed by atoms with Crippen LogP contribution in [-0.4, -0.2) is 24.6 Å². The molecule has 0 radical (unpaired) electrons. The topological polar surface area (TPSA) is 0 Å². The summed E-state index contributed by atoms with van der Waals surface area (Å²) in [5.41, 5.74) is 2.76. The molecule has 0 N–H and O–H groups in total. The molecule has 1 heteroatoms. The second-order valence-corrected chi connectivity index (χ2v) is 5.02. The number of benzene rings is 1. The first-order chi connectivity index (χ1) is 6.42. The van der Waals surface area contributed by atoms with Gasteiger partial charge in [-0.2, -0.15) is 0 Å². The minimum Gasteiger partial charge on any atom is -0.323 e. The number of nitrogens with zero attached hydrogens (tertiary/aromatic N) is 1. The molecule has 0 bridgehead atoms. The molecule has 0 aliphatic rings. The van der Waals surface area contributed by atoms with Gasteiger partial charge in [0, 0.05) is 5.56 Å². The zero-order valence-corrected chi connectivity index (χ0v) is 10.0. The molecule has 1 aromatic carbocycles. The Morgan fingerprint density at radius 2 is 1.57 bits per heavy atom. The van der Waals surface area contributed by atoms with Gasteiger partial charge >= 0.3 is 0 Å². The number of hydrogen-bond acceptors (Lipinski definition) is 0. The predicted molar refractivity (Wildman–Crippen MR) is 62.1 cm³/mol. The third-order valence-electron chi connectivity index (χ3n) is 3.11. The molecule has 0 fully saturated rings. The minimum absolute atomic E-state index is 0.663. The van der Waals surface area contributed by atoms with Gasteiger partial charge in [0.05, 0.1) is 20.1 Å². The van der Waals surface area contributed by atoms with Crippen molar-refractivity contribution < 1.29 is 4.48 Å². The standard InChI is InChI=1S/C13H22N/c1-11(2)14(4,5)10-13-8-6-12(3)7-9-13/h6-9,11H,10H2,1-5H3/q+1. The Kier molecular flexibility index (Phi) is 3.33. The summed E-state index contributed by atoms with van der Waals surface area (Å²) >= 11 is 0. The summed E-state index contributed by atoms with van der Waals surface area (Å²) in [5.74, 6) is 0. The summed E-state index contributed by atoms with van der Waals surface area (Å²) in [5, 5.41) is 0. The quantitative estimate of drug-likeness (QED) is 0.646. The van der Waals surface area contributed by atoms with Crippen molar-refractivity contribution in [1.82, 2.24) is 0 Å². The fourth-order valence-electron chi connectivity index (χ4n) is 1.35. The molecule has 0 spiro atoms. The maximum absolute atomic E-state index is 2.28. The van der Waals surface area contributed by atoms with E-state index in [9.17, 15) is 0 Å². The van der Waals surface area contributed by atoms with Gasteiger partial charge in [0.15, 0.2) is 0 Å². The third kappa shape index (κ3) is 2.85. The average molecular weight is 192 g/mol. The lowest BCUT2D eigenvalue weighted by molar-refractivity contribution is -0.924. The molecule has 0 unspecified atom stereocenters. The van der Waals surface area contributed by atoms with E-state index in [4.69, 9.17) is 0 Å². The lowest BCUT2D eigenvalue weighted by Crippen LogP contribution is -2.44. The third-order valence-corrected chi connectivity index (χ3v) is 3.11. The fourth-order valence-corrected chi connectivity index (χ4v) is 1.35. The highest BCUT2D eigenvalue weighted by Gasteiger charge is 2.19. The van der Waals surface area contributed by atoms with Crippen molar-refractivity contribution in [1.29, 1.82) is 0 Å². The summed E-state index contributed by atoms with van der Waals surface area (Å²) in [6, 6.07) is 9.51. The number of aryl methyl sites for hydroxylation is 1. The van der Waals surface area contributed by atoms with Crippen molar-refractivity contribution >= 4 is 0 Å². The first-order valence-electron chi connectivity index (χ1n) is 5.30. The molecule has 0 saturated carbocycles. The molecule has 0 aromatic heterocycles. The zero-order chi connectivity index (χ0) is 10.8. The van der Waals surface area contributed by atoms with E-state index in [1.807, 2.05) is 0 Å². The normalized spacial score (nSPS) is 12.1. The second-order valence-electron chi connectivity index (χ2n) is 5.02. The van der Waals surface area contributed by atoms with Gasteiger partial charge in [-0.1, -0.05) is 29.8 Å². The van der Waals surface area contributed by atoms with Crippen LogP contribution in [0.15, 0.2) is 24.3 Å². The van der Waals surface area contributed by atoms with Crippen LogP contribution in [0, 0.1) is 6.92 Å². The highest BCUT2D eigenvalue weighted by atomic mass is 15.3. The van der Waals surface area contributed by atoms with Crippen LogP contribution < -0.4 is 0 Å². The highest BCUT2D eigenvalue weighted by molar-refractivity contribution is 5.20. The summed E-state index contributed by atoms with van der Waals surface area (Å²) in [7, 11) is 4.56. The van der Waals surface area contributed by atoms with Gasteiger partial charge in [-0.25, -0.2) is 0 Å². The first kappa shape index (κ1) is 11.3. The molecule has 1 rings (SSSR count). The average Bonchev–Trinajstić information content (AvgIpc) is 2.08. The van der Waals surface area contributed by atoms with E-state index in [0.29, 0.717) is 6.04 Å². The molecule has 14 heavy (non-hydrogen) atoms. The molecule has 1 nitrogen and oxygen atoms in total. The molecular formula is C13H22N+. The van der Waals surface area contributed by atoms with Crippen LogP contribution >= 0.6 is 0 Å². The Morgan fingerprint density at radius 1 is 1.07 bits per heavy atom. The predicted octanol–water partition coefficient (Wildman–Crippen LogP) is 2.98. The molecule has 0 atom stereocenters. The van der Waals surface area contributed by atoms with Gasteiger partial charge in [-0.05, 0) is 20.8 Å². The lowest BCUT2D eigenvalue weighted by Gasteiger charge is -2.34. The van der Waals surface area contributed by atoms with Crippen LogP contribution in [0.1, 0.15) is 25.0 Å². The van der Waals surface area contributed by atoms with Crippen LogP contribution in [0.4, 0.5) is 0 Å². The Balaban J connectivity index is 2.74. The van der Waals surface area contributed by atoms with E-state index in [0.717, 1.165) is 11.0 Å².